The third-order valence-corrected chi connectivity index (χ3v) is 6.09. The molecule has 4 rings (SSSR count). The number of ether oxygens (including phenoxy) is 2. The van der Waals surface area contributed by atoms with Crippen LogP contribution in [-0.2, 0) is 20.8 Å². The van der Waals surface area contributed by atoms with Crippen molar-refractivity contribution in [3.63, 3.8) is 0 Å². The SMILES string of the molecule is COc1cccc(C2/C(=C(/O)c3ccc(OC)c(C)c3)C(=O)C(=O)N2c2ccc(CC(=O)O)cc2)c1. The summed E-state index contributed by atoms with van der Waals surface area (Å²) in [6.07, 6.45) is -0.171. The van der Waals surface area contributed by atoms with Gasteiger partial charge in [-0.05, 0) is 66.1 Å². The van der Waals surface area contributed by atoms with Crippen LogP contribution in [0.2, 0.25) is 0 Å². The van der Waals surface area contributed by atoms with Crippen LogP contribution in [0.1, 0.15) is 28.3 Å². The predicted octanol–water partition coefficient (Wildman–Crippen LogP) is 4.27. The van der Waals surface area contributed by atoms with Gasteiger partial charge in [-0.1, -0.05) is 24.3 Å². The summed E-state index contributed by atoms with van der Waals surface area (Å²) in [6.45, 7) is 1.81. The summed E-state index contributed by atoms with van der Waals surface area (Å²) >= 11 is 0. The number of rotatable bonds is 7. The molecule has 0 radical (unpaired) electrons. The van der Waals surface area contributed by atoms with Crippen LogP contribution >= 0.6 is 0 Å². The third kappa shape index (κ3) is 4.53. The minimum Gasteiger partial charge on any atom is -0.507 e. The van der Waals surface area contributed by atoms with Crippen molar-refractivity contribution < 1.29 is 34.1 Å². The van der Waals surface area contributed by atoms with E-state index in [2.05, 4.69) is 0 Å². The van der Waals surface area contributed by atoms with Gasteiger partial charge in [0.2, 0.25) is 0 Å². The van der Waals surface area contributed by atoms with Gasteiger partial charge >= 0.3 is 5.97 Å². The number of aliphatic carboxylic acids is 1. The zero-order chi connectivity index (χ0) is 26.0. The van der Waals surface area contributed by atoms with E-state index in [1.54, 1.807) is 66.7 Å². The molecule has 1 atom stereocenters. The molecule has 1 unspecified atom stereocenters. The Labute approximate surface area is 208 Å². The molecule has 1 aliphatic rings. The van der Waals surface area contributed by atoms with E-state index < -0.39 is 23.7 Å². The number of Topliss-reactive ketones (excluding diaryl/α,β-unsaturated/α-hetero) is 1. The molecule has 3 aromatic rings. The number of hydrogen-bond acceptors (Lipinski definition) is 6. The molecule has 36 heavy (non-hydrogen) atoms. The normalized spacial score (nSPS) is 16.8. The molecule has 2 N–H and O–H groups in total. The quantitative estimate of drug-likeness (QED) is 0.291. The maximum atomic E-state index is 13.3. The molecule has 3 aromatic carbocycles. The Balaban J connectivity index is 1.89. The highest BCUT2D eigenvalue weighted by atomic mass is 16.5. The van der Waals surface area contributed by atoms with Crippen LogP contribution in [0.15, 0.2) is 72.3 Å². The first-order valence-corrected chi connectivity index (χ1v) is 11.2. The van der Waals surface area contributed by atoms with Crippen molar-refractivity contribution in [3.05, 3.63) is 94.6 Å². The van der Waals surface area contributed by atoms with Gasteiger partial charge in [0.05, 0.1) is 32.3 Å². The van der Waals surface area contributed by atoms with E-state index in [0.29, 0.717) is 33.9 Å². The first-order chi connectivity index (χ1) is 17.2. The number of anilines is 1. The number of carboxylic acid groups (broad SMARTS) is 1. The van der Waals surface area contributed by atoms with Gasteiger partial charge in [-0.2, -0.15) is 0 Å². The lowest BCUT2D eigenvalue weighted by atomic mass is 9.94. The average molecular weight is 488 g/mol. The van der Waals surface area contributed by atoms with Crippen LogP contribution in [0, 0.1) is 6.92 Å². The number of ketones is 1. The molecule has 1 amide bonds. The number of carbonyl (C=O) groups excluding carboxylic acids is 2. The molecule has 8 heteroatoms. The number of amides is 1. The number of benzene rings is 3. The Hall–Kier alpha value is -4.59. The molecule has 1 fully saturated rings. The van der Waals surface area contributed by atoms with E-state index in [1.165, 1.54) is 19.1 Å². The van der Waals surface area contributed by atoms with Gasteiger partial charge in [0.25, 0.3) is 11.7 Å². The van der Waals surface area contributed by atoms with Crippen LogP contribution in [0.5, 0.6) is 11.5 Å². The van der Waals surface area contributed by atoms with E-state index in [9.17, 15) is 19.5 Å². The number of hydrogen-bond donors (Lipinski definition) is 2. The summed E-state index contributed by atoms with van der Waals surface area (Å²) in [5, 5.41) is 20.4. The van der Waals surface area contributed by atoms with Crippen LogP contribution in [0.4, 0.5) is 5.69 Å². The van der Waals surface area contributed by atoms with Crippen molar-refractivity contribution >= 4 is 29.1 Å². The Kier molecular flexibility index (Phi) is 6.78. The Morgan fingerprint density at radius 1 is 0.944 bits per heavy atom. The summed E-state index contributed by atoms with van der Waals surface area (Å²) < 4.78 is 10.6. The molecular formula is C28H25NO7. The molecule has 0 spiro atoms. The third-order valence-electron chi connectivity index (χ3n) is 6.09. The first kappa shape index (κ1) is 24.5. The van der Waals surface area contributed by atoms with Crippen LogP contribution in [-0.4, -0.2) is 42.1 Å². The summed E-state index contributed by atoms with van der Waals surface area (Å²) in [6, 6.07) is 17.4. The predicted molar refractivity (Wildman–Crippen MR) is 133 cm³/mol. The number of methoxy groups -OCH3 is 2. The van der Waals surface area contributed by atoms with E-state index in [-0.39, 0.29) is 17.8 Å². The number of carbonyl (C=O) groups is 3. The van der Waals surface area contributed by atoms with Gasteiger partial charge in [0.1, 0.15) is 17.3 Å². The Bertz CT molecular complexity index is 1370. The topological polar surface area (TPSA) is 113 Å². The van der Waals surface area contributed by atoms with Crippen LogP contribution < -0.4 is 14.4 Å². The lowest BCUT2D eigenvalue weighted by Gasteiger charge is -2.26. The first-order valence-electron chi connectivity index (χ1n) is 11.2. The Morgan fingerprint density at radius 2 is 1.67 bits per heavy atom. The zero-order valence-electron chi connectivity index (χ0n) is 20.0. The van der Waals surface area contributed by atoms with Gasteiger partial charge in [0, 0.05) is 11.3 Å². The van der Waals surface area contributed by atoms with Crippen molar-refractivity contribution in [2.24, 2.45) is 0 Å². The van der Waals surface area contributed by atoms with E-state index in [4.69, 9.17) is 14.6 Å². The highest BCUT2D eigenvalue weighted by Gasteiger charge is 2.47. The van der Waals surface area contributed by atoms with Crippen molar-refractivity contribution in [2.75, 3.05) is 19.1 Å². The maximum absolute atomic E-state index is 13.3. The lowest BCUT2D eigenvalue weighted by Crippen LogP contribution is -2.29. The smallest absolute Gasteiger partial charge is 0.307 e. The fourth-order valence-corrected chi connectivity index (χ4v) is 4.36. The van der Waals surface area contributed by atoms with Gasteiger partial charge < -0.3 is 19.7 Å². The van der Waals surface area contributed by atoms with Gasteiger partial charge in [-0.15, -0.1) is 0 Å². The van der Waals surface area contributed by atoms with E-state index in [1.807, 2.05) is 6.92 Å². The monoisotopic (exact) mass is 487 g/mol. The summed E-state index contributed by atoms with van der Waals surface area (Å²) in [5.41, 5.74) is 2.57. The minimum atomic E-state index is -0.977. The maximum Gasteiger partial charge on any atom is 0.307 e. The highest BCUT2D eigenvalue weighted by molar-refractivity contribution is 6.51. The number of aryl methyl sites for hydroxylation is 1. The van der Waals surface area contributed by atoms with Crippen LogP contribution in [0.25, 0.3) is 5.76 Å². The molecule has 0 aromatic heterocycles. The molecule has 184 valence electrons. The number of aliphatic hydroxyl groups is 1. The largest absolute Gasteiger partial charge is 0.507 e. The molecule has 0 bridgehead atoms. The van der Waals surface area contributed by atoms with Crippen molar-refractivity contribution in [2.45, 2.75) is 19.4 Å². The second kappa shape index (κ2) is 9.95. The van der Waals surface area contributed by atoms with E-state index in [0.717, 1.165) is 5.56 Å². The highest BCUT2D eigenvalue weighted by Crippen LogP contribution is 2.43. The van der Waals surface area contributed by atoms with Crippen LogP contribution in [0.3, 0.4) is 0 Å². The average Bonchev–Trinajstić information content (AvgIpc) is 3.14. The van der Waals surface area contributed by atoms with Crippen molar-refractivity contribution in [3.8, 4) is 11.5 Å². The van der Waals surface area contributed by atoms with E-state index >= 15 is 0 Å². The van der Waals surface area contributed by atoms with Gasteiger partial charge in [0.15, 0.2) is 0 Å². The summed E-state index contributed by atoms with van der Waals surface area (Å²) in [4.78, 5) is 39.0. The van der Waals surface area contributed by atoms with Gasteiger partial charge in [-0.3, -0.25) is 19.3 Å². The van der Waals surface area contributed by atoms with Crippen molar-refractivity contribution in [1.82, 2.24) is 0 Å². The Morgan fingerprint density at radius 3 is 2.28 bits per heavy atom. The standard InChI is InChI=1S/C28H25NO7/c1-16-13-19(9-12-22(16)36-3)26(32)24-25(18-5-4-6-21(15-18)35-2)29(28(34)27(24)33)20-10-7-17(8-11-20)14-23(30)31/h4-13,15,25,32H,14H2,1-3H3,(H,30,31)/b26-24-. The second-order valence-electron chi connectivity index (χ2n) is 8.37. The number of aliphatic hydroxyl groups excluding tert-OH is 1. The number of nitrogens with zero attached hydrogens (tertiary/aromatic N) is 1. The zero-order valence-corrected chi connectivity index (χ0v) is 20.0. The minimum absolute atomic E-state index is 0.0626. The molecule has 1 aliphatic heterocycles. The molecule has 0 saturated carbocycles. The fraction of sp³-hybridized carbons (Fsp3) is 0.179. The van der Waals surface area contributed by atoms with Gasteiger partial charge in [-0.25, -0.2) is 0 Å². The molecular weight excluding hydrogens is 462 g/mol. The number of carboxylic acids is 1. The molecule has 8 nitrogen and oxygen atoms in total. The molecule has 0 aliphatic carbocycles. The van der Waals surface area contributed by atoms with Crippen molar-refractivity contribution in [1.29, 1.82) is 0 Å². The second-order valence-corrected chi connectivity index (χ2v) is 8.37. The fourth-order valence-electron chi connectivity index (χ4n) is 4.36. The molecule has 1 saturated heterocycles. The molecule has 1 heterocycles. The summed E-state index contributed by atoms with van der Waals surface area (Å²) in [7, 11) is 3.05. The lowest BCUT2D eigenvalue weighted by molar-refractivity contribution is -0.136. The summed E-state index contributed by atoms with van der Waals surface area (Å²) in [5.74, 6) is -1.77.